The standard InChI is InChI=1S/C12H20N2O3/c1-5-6-9(13)11(17)14(12(2,3)4)8-7-10(15)16/h1,9H,6-8,13H2,2-4H3,(H,15,16). The third kappa shape index (κ3) is 5.36. The molecule has 1 unspecified atom stereocenters. The van der Waals surface area contributed by atoms with Gasteiger partial charge in [0.1, 0.15) is 0 Å². The molecule has 0 fully saturated rings. The van der Waals surface area contributed by atoms with Crippen molar-refractivity contribution in [3.63, 3.8) is 0 Å². The van der Waals surface area contributed by atoms with Crippen molar-refractivity contribution in [1.82, 2.24) is 4.90 Å². The number of terminal acetylenes is 1. The normalized spacial score (nSPS) is 12.6. The first kappa shape index (κ1) is 15.5. The highest BCUT2D eigenvalue weighted by Crippen LogP contribution is 2.15. The Balaban J connectivity index is 4.76. The highest BCUT2D eigenvalue weighted by Gasteiger charge is 2.29. The number of hydrogen-bond acceptors (Lipinski definition) is 3. The molecule has 0 rings (SSSR count). The number of nitrogens with zero attached hydrogens (tertiary/aromatic N) is 1. The lowest BCUT2D eigenvalue weighted by Crippen LogP contribution is -2.52. The monoisotopic (exact) mass is 240 g/mol. The average molecular weight is 240 g/mol. The predicted octanol–water partition coefficient (Wildman–Crippen LogP) is 0.439. The molecule has 0 heterocycles. The molecular formula is C12H20N2O3. The fraction of sp³-hybridized carbons (Fsp3) is 0.667. The summed E-state index contributed by atoms with van der Waals surface area (Å²) in [5.74, 6) is 1.08. The van der Waals surface area contributed by atoms with Gasteiger partial charge in [-0.25, -0.2) is 0 Å². The zero-order valence-corrected chi connectivity index (χ0v) is 10.6. The molecule has 0 aromatic heterocycles. The number of carbonyl (C=O) groups is 2. The summed E-state index contributed by atoms with van der Waals surface area (Å²) in [6.07, 6.45) is 5.15. The first-order valence-electron chi connectivity index (χ1n) is 5.42. The van der Waals surface area contributed by atoms with E-state index in [9.17, 15) is 9.59 Å². The van der Waals surface area contributed by atoms with Crippen LogP contribution >= 0.6 is 0 Å². The second kappa shape index (κ2) is 6.26. The number of amides is 1. The van der Waals surface area contributed by atoms with E-state index in [0.29, 0.717) is 0 Å². The molecule has 0 spiro atoms. The van der Waals surface area contributed by atoms with E-state index in [4.69, 9.17) is 17.3 Å². The lowest BCUT2D eigenvalue weighted by atomic mass is 10.0. The Bertz CT molecular complexity index is 326. The van der Waals surface area contributed by atoms with Crippen molar-refractivity contribution in [1.29, 1.82) is 0 Å². The van der Waals surface area contributed by atoms with E-state index in [1.807, 2.05) is 20.8 Å². The number of nitrogens with two attached hydrogens (primary N) is 1. The van der Waals surface area contributed by atoms with Crippen LogP contribution < -0.4 is 5.73 Å². The van der Waals surface area contributed by atoms with Gasteiger partial charge >= 0.3 is 5.97 Å². The van der Waals surface area contributed by atoms with E-state index in [1.54, 1.807) is 0 Å². The molecule has 17 heavy (non-hydrogen) atoms. The van der Waals surface area contributed by atoms with Gasteiger partial charge < -0.3 is 15.7 Å². The highest BCUT2D eigenvalue weighted by molar-refractivity contribution is 5.83. The molecule has 0 aliphatic carbocycles. The van der Waals surface area contributed by atoms with Gasteiger partial charge in [-0.2, -0.15) is 0 Å². The zero-order chi connectivity index (χ0) is 13.6. The first-order chi connectivity index (χ1) is 7.70. The Morgan fingerprint density at radius 1 is 1.47 bits per heavy atom. The van der Waals surface area contributed by atoms with Crippen molar-refractivity contribution in [3.05, 3.63) is 0 Å². The lowest BCUT2D eigenvalue weighted by molar-refractivity contribution is -0.141. The summed E-state index contributed by atoms with van der Waals surface area (Å²) < 4.78 is 0. The Morgan fingerprint density at radius 2 is 2.00 bits per heavy atom. The number of rotatable bonds is 5. The summed E-state index contributed by atoms with van der Waals surface area (Å²) in [5, 5.41) is 8.65. The molecule has 96 valence electrons. The van der Waals surface area contributed by atoms with Crippen molar-refractivity contribution in [2.75, 3.05) is 6.54 Å². The van der Waals surface area contributed by atoms with Crippen LogP contribution in [0.2, 0.25) is 0 Å². The van der Waals surface area contributed by atoms with Crippen LogP contribution in [0.25, 0.3) is 0 Å². The molecule has 3 N–H and O–H groups in total. The molecular weight excluding hydrogens is 220 g/mol. The van der Waals surface area contributed by atoms with Gasteiger partial charge in [0.25, 0.3) is 0 Å². The third-order valence-electron chi connectivity index (χ3n) is 2.28. The van der Waals surface area contributed by atoms with Crippen LogP contribution in [0.4, 0.5) is 0 Å². The SMILES string of the molecule is C#CCC(N)C(=O)N(CCC(=O)O)C(C)(C)C. The van der Waals surface area contributed by atoms with Crippen LogP contribution in [0.15, 0.2) is 0 Å². The van der Waals surface area contributed by atoms with E-state index >= 15 is 0 Å². The highest BCUT2D eigenvalue weighted by atomic mass is 16.4. The number of hydrogen-bond donors (Lipinski definition) is 2. The van der Waals surface area contributed by atoms with Gasteiger partial charge in [-0.1, -0.05) is 0 Å². The van der Waals surface area contributed by atoms with Gasteiger partial charge in [0.15, 0.2) is 0 Å². The summed E-state index contributed by atoms with van der Waals surface area (Å²) in [5.41, 5.74) is 5.18. The number of carbonyl (C=O) groups excluding carboxylic acids is 1. The summed E-state index contributed by atoms with van der Waals surface area (Å²) in [4.78, 5) is 24.0. The van der Waals surface area contributed by atoms with Crippen LogP contribution in [0, 0.1) is 12.3 Å². The Morgan fingerprint density at radius 3 is 2.35 bits per heavy atom. The molecule has 5 nitrogen and oxygen atoms in total. The minimum atomic E-state index is -0.947. The fourth-order valence-electron chi connectivity index (χ4n) is 1.40. The summed E-state index contributed by atoms with van der Waals surface area (Å²) in [6, 6.07) is -0.770. The largest absolute Gasteiger partial charge is 0.481 e. The van der Waals surface area contributed by atoms with Crippen LogP contribution in [-0.2, 0) is 9.59 Å². The summed E-state index contributed by atoms with van der Waals surface area (Å²) in [7, 11) is 0. The smallest absolute Gasteiger partial charge is 0.305 e. The molecule has 1 amide bonds. The maximum absolute atomic E-state index is 12.0. The zero-order valence-electron chi connectivity index (χ0n) is 10.6. The minimum Gasteiger partial charge on any atom is -0.481 e. The Hall–Kier alpha value is -1.54. The fourth-order valence-corrected chi connectivity index (χ4v) is 1.40. The molecule has 0 saturated carbocycles. The minimum absolute atomic E-state index is 0.105. The van der Waals surface area contributed by atoms with Crippen molar-refractivity contribution in [3.8, 4) is 12.3 Å². The number of aliphatic carboxylic acids is 1. The van der Waals surface area contributed by atoms with Gasteiger partial charge in [-0.05, 0) is 20.8 Å². The van der Waals surface area contributed by atoms with E-state index in [2.05, 4.69) is 5.92 Å². The molecule has 0 aromatic rings. The van der Waals surface area contributed by atoms with Gasteiger partial charge in [-0.3, -0.25) is 9.59 Å². The summed E-state index contributed by atoms with van der Waals surface area (Å²) >= 11 is 0. The topological polar surface area (TPSA) is 83.6 Å². The predicted molar refractivity (Wildman–Crippen MR) is 65.1 cm³/mol. The first-order valence-corrected chi connectivity index (χ1v) is 5.42. The Labute approximate surface area is 102 Å². The Kier molecular flexibility index (Phi) is 5.69. The van der Waals surface area contributed by atoms with Crippen molar-refractivity contribution < 1.29 is 14.7 Å². The molecule has 0 aromatic carbocycles. The molecule has 1 atom stereocenters. The van der Waals surface area contributed by atoms with Crippen molar-refractivity contribution in [2.45, 2.75) is 45.2 Å². The third-order valence-corrected chi connectivity index (χ3v) is 2.28. The van der Waals surface area contributed by atoms with Crippen molar-refractivity contribution >= 4 is 11.9 Å². The molecule has 0 aliphatic heterocycles. The van der Waals surface area contributed by atoms with Crippen molar-refractivity contribution in [2.24, 2.45) is 5.73 Å². The van der Waals surface area contributed by atoms with E-state index in [1.165, 1.54) is 4.90 Å². The van der Waals surface area contributed by atoms with Crippen LogP contribution in [0.5, 0.6) is 0 Å². The van der Waals surface area contributed by atoms with E-state index in [-0.39, 0.29) is 25.3 Å². The number of carboxylic acids is 1. The van der Waals surface area contributed by atoms with Crippen LogP contribution in [-0.4, -0.2) is 40.0 Å². The quantitative estimate of drug-likeness (QED) is 0.683. The average Bonchev–Trinajstić information content (AvgIpc) is 2.15. The molecule has 0 saturated heterocycles. The lowest BCUT2D eigenvalue weighted by Gasteiger charge is -2.36. The second-order valence-corrected chi connectivity index (χ2v) is 4.82. The number of carboxylic acid groups (broad SMARTS) is 1. The van der Waals surface area contributed by atoms with E-state index < -0.39 is 17.6 Å². The van der Waals surface area contributed by atoms with E-state index in [0.717, 1.165) is 0 Å². The van der Waals surface area contributed by atoms with Gasteiger partial charge in [-0.15, -0.1) is 12.3 Å². The maximum Gasteiger partial charge on any atom is 0.305 e. The van der Waals surface area contributed by atoms with Gasteiger partial charge in [0.2, 0.25) is 5.91 Å². The van der Waals surface area contributed by atoms with Gasteiger partial charge in [0.05, 0.1) is 12.5 Å². The van der Waals surface area contributed by atoms with Crippen LogP contribution in [0.1, 0.15) is 33.6 Å². The molecule has 0 bridgehead atoms. The molecule has 5 heteroatoms. The molecule has 0 radical (unpaired) electrons. The second-order valence-electron chi connectivity index (χ2n) is 4.82. The van der Waals surface area contributed by atoms with Crippen LogP contribution in [0.3, 0.4) is 0 Å². The summed E-state index contributed by atoms with van der Waals surface area (Å²) in [6.45, 7) is 5.62. The maximum atomic E-state index is 12.0. The van der Waals surface area contributed by atoms with Gasteiger partial charge in [0, 0.05) is 18.5 Å². The molecule has 0 aliphatic rings.